The van der Waals surface area contributed by atoms with Crippen LogP contribution in [-0.2, 0) is 6.54 Å². The lowest BCUT2D eigenvalue weighted by Gasteiger charge is -2.26. The molecule has 7 heterocycles. The molecule has 182 valence electrons. The van der Waals surface area contributed by atoms with Crippen molar-refractivity contribution < 1.29 is 0 Å². The first-order chi connectivity index (χ1) is 18.3. The van der Waals surface area contributed by atoms with E-state index in [1.54, 1.807) is 18.6 Å². The van der Waals surface area contributed by atoms with Crippen molar-refractivity contribution in [1.29, 1.82) is 0 Å². The van der Waals surface area contributed by atoms with Crippen molar-refractivity contribution in [1.82, 2.24) is 45.0 Å². The molecule has 1 fully saturated rings. The van der Waals surface area contributed by atoms with Crippen LogP contribution in [0.1, 0.15) is 24.8 Å². The van der Waals surface area contributed by atoms with E-state index in [0.29, 0.717) is 5.82 Å². The normalized spacial score (nSPS) is 14.5. The second-order valence-corrected chi connectivity index (χ2v) is 9.49. The molecule has 0 radical (unpaired) electrons. The minimum Gasteiger partial charge on any atom is -0.335 e. The molecule has 0 atom stereocenters. The number of aromatic amines is 2. The maximum Gasteiger partial charge on any atom is 0.159 e. The van der Waals surface area contributed by atoms with Gasteiger partial charge in [-0.25, -0.2) is 4.98 Å². The highest BCUT2D eigenvalue weighted by atomic mass is 15.1. The van der Waals surface area contributed by atoms with Gasteiger partial charge in [-0.3, -0.25) is 29.9 Å². The van der Waals surface area contributed by atoms with E-state index < -0.39 is 0 Å². The Kier molecular flexibility index (Phi) is 5.40. The Morgan fingerprint density at radius 1 is 0.838 bits per heavy atom. The number of hydrogen-bond donors (Lipinski definition) is 2. The molecule has 1 aliphatic rings. The van der Waals surface area contributed by atoms with Gasteiger partial charge in [0.05, 0.1) is 34.8 Å². The van der Waals surface area contributed by atoms with E-state index >= 15 is 0 Å². The minimum absolute atomic E-state index is 0.667. The van der Waals surface area contributed by atoms with Crippen molar-refractivity contribution in [3.63, 3.8) is 0 Å². The maximum atomic E-state index is 4.91. The van der Waals surface area contributed by atoms with Crippen LogP contribution < -0.4 is 0 Å². The summed E-state index contributed by atoms with van der Waals surface area (Å²) in [6.07, 6.45) is 14.9. The van der Waals surface area contributed by atoms with Gasteiger partial charge in [0, 0.05) is 47.8 Å². The number of piperidine rings is 1. The van der Waals surface area contributed by atoms with Crippen molar-refractivity contribution >= 4 is 21.9 Å². The zero-order valence-electron chi connectivity index (χ0n) is 20.2. The Morgan fingerprint density at radius 2 is 1.76 bits per heavy atom. The monoisotopic (exact) mass is 487 g/mol. The number of aromatic nitrogens is 8. The zero-order chi connectivity index (χ0) is 24.6. The summed E-state index contributed by atoms with van der Waals surface area (Å²) in [5.41, 5.74) is 7.99. The number of imidazole rings is 1. The van der Waals surface area contributed by atoms with Crippen LogP contribution in [0.4, 0.5) is 0 Å². The summed E-state index contributed by atoms with van der Waals surface area (Å²) in [7, 11) is 0. The highest BCUT2D eigenvalue weighted by molar-refractivity contribution is 5.97. The van der Waals surface area contributed by atoms with Crippen molar-refractivity contribution in [2.24, 2.45) is 0 Å². The second kappa shape index (κ2) is 9.18. The van der Waals surface area contributed by atoms with Gasteiger partial charge < -0.3 is 4.98 Å². The van der Waals surface area contributed by atoms with E-state index in [1.807, 2.05) is 36.8 Å². The van der Waals surface area contributed by atoms with Gasteiger partial charge in [0.25, 0.3) is 0 Å². The molecule has 6 aromatic heterocycles. The summed E-state index contributed by atoms with van der Waals surface area (Å²) in [6.45, 7) is 3.23. The van der Waals surface area contributed by atoms with Crippen molar-refractivity contribution in [2.75, 3.05) is 13.1 Å². The number of H-pyrrole nitrogens is 2. The molecule has 9 nitrogen and oxygen atoms in total. The lowest BCUT2D eigenvalue weighted by atomic mass is 10.1. The molecule has 37 heavy (non-hydrogen) atoms. The molecule has 0 aromatic carbocycles. The Morgan fingerprint density at radius 3 is 2.65 bits per heavy atom. The lowest BCUT2D eigenvalue weighted by Crippen LogP contribution is -2.29. The van der Waals surface area contributed by atoms with E-state index in [9.17, 15) is 0 Å². The third-order valence-corrected chi connectivity index (χ3v) is 6.95. The minimum atomic E-state index is 0.667. The molecule has 0 saturated carbocycles. The molecule has 2 N–H and O–H groups in total. The van der Waals surface area contributed by atoms with Crippen molar-refractivity contribution in [3.8, 4) is 34.0 Å². The standard InChI is InChI=1S/C28H25N9/c1-4-8-37(9-5-1)17-18-10-19(13-29-12-18)23-11-20-24(16-32-23)35-36-27(20)28-33-25-15-30-14-21(26(25)34-28)22-6-2-3-7-31-22/h2-3,6-7,10-16H,1,4-5,8-9,17H2,(H,33,34)(H,35,36). The van der Waals surface area contributed by atoms with Gasteiger partial charge in [0.1, 0.15) is 11.2 Å². The van der Waals surface area contributed by atoms with E-state index in [2.05, 4.69) is 47.2 Å². The third-order valence-electron chi connectivity index (χ3n) is 6.95. The van der Waals surface area contributed by atoms with Crippen LogP contribution in [0, 0.1) is 0 Å². The molecule has 7 rings (SSSR count). The van der Waals surface area contributed by atoms with Gasteiger partial charge in [-0.15, -0.1) is 0 Å². The van der Waals surface area contributed by atoms with Gasteiger partial charge >= 0.3 is 0 Å². The van der Waals surface area contributed by atoms with Gasteiger partial charge in [-0.05, 0) is 55.8 Å². The first kappa shape index (κ1) is 21.8. The van der Waals surface area contributed by atoms with Gasteiger partial charge in [0.2, 0.25) is 0 Å². The number of likely N-dealkylation sites (tertiary alicyclic amines) is 1. The number of rotatable bonds is 5. The highest BCUT2D eigenvalue weighted by Crippen LogP contribution is 2.31. The summed E-state index contributed by atoms with van der Waals surface area (Å²) in [4.78, 5) is 28.9. The second-order valence-electron chi connectivity index (χ2n) is 9.49. The smallest absolute Gasteiger partial charge is 0.159 e. The van der Waals surface area contributed by atoms with Crippen LogP contribution in [0.2, 0.25) is 0 Å². The summed E-state index contributed by atoms with van der Waals surface area (Å²) in [5, 5.41) is 8.62. The lowest BCUT2D eigenvalue weighted by molar-refractivity contribution is 0.220. The van der Waals surface area contributed by atoms with E-state index in [1.165, 1.54) is 24.8 Å². The topological polar surface area (TPSA) is 112 Å². The van der Waals surface area contributed by atoms with Crippen LogP contribution in [0.15, 0.2) is 67.5 Å². The Hall–Kier alpha value is -4.50. The van der Waals surface area contributed by atoms with Gasteiger partial charge in [0.15, 0.2) is 5.82 Å². The van der Waals surface area contributed by atoms with Gasteiger partial charge in [-0.2, -0.15) is 5.10 Å². The SMILES string of the molecule is c1ccc(-c2cncc3[nH]c(-c4n[nH]c5cnc(-c6cncc(CN7CCCCC7)c6)cc45)nc23)nc1. The average molecular weight is 488 g/mol. The number of hydrogen-bond acceptors (Lipinski definition) is 7. The van der Waals surface area contributed by atoms with E-state index in [-0.39, 0.29) is 0 Å². The largest absolute Gasteiger partial charge is 0.335 e. The highest BCUT2D eigenvalue weighted by Gasteiger charge is 2.17. The number of nitrogens with zero attached hydrogens (tertiary/aromatic N) is 7. The molecule has 0 bridgehead atoms. The van der Waals surface area contributed by atoms with Crippen LogP contribution in [0.5, 0.6) is 0 Å². The molecule has 6 aromatic rings. The predicted molar refractivity (Wildman–Crippen MR) is 142 cm³/mol. The third kappa shape index (κ3) is 4.13. The summed E-state index contributed by atoms with van der Waals surface area (Å²) >= 11 is 0. The van der Waals surface area contributed by atoms with Crippen LogP contribution in [0.25, 0.3) is 56.0 Å². The Balaban J connectivity index is 1.26. The number of pyridine rings is 4. The number of nitrogens with one attached hydrogen (secondary N) is 2. The molecular weight excluding hydrogens is 462 g/mol. The fraction of sp³-hybridized carbons (Fsp3) is 0.214. The Bertz CT molecular complexity index is 1700. The summed E-state index contributed by atoms with van der Waals surface area (Å²) < 4.78 is 0. The Labute approximate surface area is 213 Å². The van der Waals surface area contributed by atoms with Crippen LogP contribution in [-0.4, -0.2) is 58.1 Å². The zero-order valence-corrected chi connectivity index (χ0v) is 20.2. The van der Waals surface area contributed by atoms with E-state index in [0.717, 1.165) is 69.8 Å². The molecular formula is C28H25N9. The fourth-order valence-electron chi connectivity index (χ4n) is 5.10. The molecule has 0 aliphatic carbocycles. The molecule has 0 spiro atoms. The first-order valence-electron chi connectivity index (χ1n) is 12.6. The van der Waals surface area contributed by atoms with Gasteiger partial charge in [-0.1, -0.05) is 12.5 Å². The molecule has 1 aliphatic heterocycles. The van der Waals surface area contributed by atoms with E-state index in [4.69, 9.17) is 9.97 Å². The first-order valence-corrected chi connectivity index (χ1v) is 12.6. The van der Waals surface area contributed by atoms with Crippen LogP contribution >= 0.6 is 0 Å². The van der Waals surface area contributed by atoms with Crippen molar-refractivity contribution in [3.05, 3.63) is 73.1 Å². The maximum absolute atomic E-state index is 4.91. The summed E-state index contributed by atoms with van der Waals surface area (Å²) in [5.74, 6) is 0.667. The van der Waals surface area contributed by atoms with Crippen molar-refractivity contribution in [2.45, 2.75) is 25.8 Å². The molecule has 0 unspecified atom stereocenters. The summed E-state index contributed by atoms with van der Waals surface area (Å²) in [6, 6.07) is 10.1. The average Bonchev–Trinajstić information content (AvgIpc) is 3.58. The molecule has 0 amide bonds. The molecule has 9 heteroatoms. The molecule has 1 saturated heterocycles. The predicted octanol–water partition coefficient (Wildman–Crippen LogP) is 5.01. The fourth-order valence-corrected chi connectivity index (χ4v) is 5.10. The number of fused-ring (bicyclic) bond motifs is 2. The quantitative estimate of drug-likeness (QED) is 0.352. The van der Waals surface area contributed by atoms with Crippen LogP contribution in [0.3, 0.4) is 0 Å².